The number of ether oxygens (including phenoxy) is 2. The molecule has 1 heterocycles. The Morgan fingerprint density at radius 2 is 2.30 bits per heavy atom. The average Bonchev–Trinajstić information content (AvgIpc) is 2.43. The number of hydrogen-bond acceptors (Lipinski definition) is 4. The SMILES string of the molecule is COC(=O)[C@@H]1C[C@H](C)OC[C@@]1(N)c1cc(Br)ccc1F. The molecule has 0 amide bonds. The van der Waals surface area contributed by atoms with Gasteiger partial charge in [0.05, 0.1) is 31.3 Å². The maximum absolute atomic E-state index is 14.1. The molecule has 1 saturated heterocycles. The van der Waals surface area contributed by atoms with Crippen molar-refractivity contribution >= 4 is 21.9 Å². The van der Waals surface area contributed by atoms with Crippen LogP contribution in [0.25, 0.3) is 0 Å². The summed E-state index contributed by atoms with van der Waals surface area (Å²) >= 11 is 3.29. The van der Waals surface area contributed by atoms with Crippen LogP contribution in [-0.2, 0) is 19.8 Å². The fourth-order valence-electron chi connectivity index (χ4n) is 2.56. The fourth-order valence-corrected chi connectivity index (χ4v) is 2.92. The van der Waals surface area contributed by atoms with Crippen LogP contribution in [0.4, 0.5) is 4.39 Å². The Labute approximate surface area is 125 Å². The van der Waals surface area contributed by atoms with E-state index < -0.39 is 23.2 Å². The number of halogens is 2. The minimum atomic E-state index is -1.23. The molecule has 0 radical (unpaired) electrons. The number of carbonyl (C=O) groups excluding carboxylic acids is 1. The average molecular weight is 346 g/mol. The third-order valence-corrected chi connectivity index (χ3v) is 4.20. The van der Waals surface area contributed by atoms with E-state index in [0.717, 1.165) is 0 Å². The van der Waals surface area contributed by atoms with Gasteiger partial charge in [-0.2, -0.15) is 0 Å². The number of esters is 1. The third kappa shape index (κ3) is 2.73. The zero-order valence-corrected chi connectivity index (χ0v) is 12.9. The second-order valence-corrected chi connectivity index (χ2v) is 6.01. The molecule has 0 aliphatic carbocycles. The summed E-state index contributed by atoms with van der Waals surface area (Å²) in [5.41, 5.74) is 5.38. The molecule has 1 aromatic carbocycles. The van der Waals surface area contributed by atoms with Gasteiger partial charge in [-0.3, -0.25) is 4.79 Å². The third-order valence-electron chi connectivity index (χ3n) is 3.71. The zero-order chi connectivity index (χ0) is 14.9. The van der Waals surface area contributed by atoms with Gasteiger partial charge in [-0.1, -0.05) is 15.9 Å². The van der Waals surface area contributed by atoms with E-state index in [1.807, 2.05) is 6.92 Å². The Morgan fingerprint density at radius 3 is 2.95 bits per heavy atom. The summed E-state index contributed by atoms with van der Waals surface area (Å²) in [6.45, 7) is 1.92. The van der Waals surface area contributed by atoms with Gasteiger partial charge in [0.25, 0.3) is 0 Å². The molecule has 0 aromatic heterocycles. The molecule has 20 heavy (non-hydrogen) atoms. The predicted molar refractivity (Wildman–Crippen MR) is 75.5 cm³/mol. The van der Waals surface area contributed by atoms with Crippen molar-refractivity contribution in [2.24, 2.45) is 11.7 Å². The summed E-state index contributed by atoms with van der Waals surface area (Å²) in [6, 6.07) is 4.49. The molecule has 0 unspecified atom stereocenters. The molecule has 4 nitrogen and oxygen atoms in total. The molecule has 110 valence electrons. The molecule has 0 spiro atoms. The molecule has 0 saturated carbocycles. The van der Waals surface area contributed by atoms with E-state index in [0.29, 0.717) is 10.9 Å². The Kier molecular flexibility index (Phi) is 4.46. The van der Waals surface area contributed by atoms with Gasteiger partial charge in [0.2, 0.25) is 0 Å². The van der Waals surface area contributed by atoms with Crippen LogP contribution in [0.15, 0.2) is 22.7 Å². The zero-order valence-electron chi connectivity index (χ0n) is 11.4. The van der Waals surface area contributed by atoms with E-state index in [9.17, 15) is 9.18 Å². The number of nitrogens with two attached hydrogens (primary N) is 1. The summed E-state index contributed by atoms with van der Waals surface area (Å²) in [5.74, 6) is -1.54. The highest BCUT2D eigenvalue weighted by Crippen LogP contribution is 2.38. The van der Waals surface area contributed by atoms with E-state index in [2.05, 4.69) is 15.9 Å². The largest absolute Gasteiger partial charge is 0.469 e. The molecule has 3 atom stereocenters. The van der Waals surface area contributed by atoms with E-state index in [-0.39, 0.29) is 18.3 Å². The Morgan fingerprint density at radius 1 is 1.60 bits per heavy atom. The van der Waals surface area contributed by atoms with Crippen LogP contribution < -0.4 is 5.73 Å². The first-order valence-corrected chi connectivity index (χ1v) is 7.11. The fraction of sp³-hybridized carbons (Fsp3) is 0.500. The van der Waals surface area contributed by atoms with Crippen LogP contribution in [0.3, 0.4) is 0 Å². The number of methoxy groups -OCH3 is 1. The van der Waals surface area contributed by atoms with Gasteiger partial charge in [-0.25, -0.2) is 4.39 Å². The van der Waals surface area contributed by atoms with Crippen molar-refractivity contribution in [3.05, 3.63) is 34.1 Å². The topological polar surface area (TPSA) is 61.5 Å². The van der Waals surface area contributed by atoms with Crippen LogP contribution in [0.2, 0.25) is 0 Å². The van der Waals surface area contributed by atoms with Crippen LogP contribution in [0, 0.1) is 11.7 Å². The highest BCUT2D eigenvalue weighted by Gasteiger charge is 2.47. The van der Waals surface area contributed by atoms with Crippen LogP contribution in [0.1, 0.15) is 18.9 Å². The summed E-state index contributed by atoms with van der Waals surface area (Å²) in [5, 5.41) is 0. The van der Waals surface area contributed by atoms with Crippen molar-refractivity contribution in [3.8, 4) is 0 Å². The van der Waals surface area contributed by atoms with Crippen molar-refractivity contribution in [1.82, 2.24) is 0 Å². The van der Waals surface area contributed by atoms with Crippen molar-refractivity contribution in [1.29, 1.82) is 0 Å². The number of benzene rings is 1. The first kappa shape index (κ1) is 15.4. The van der Waals surface area contributed by atoms with Crippen LogP contribution in [0.5, 0.6) is 0 Å². The Bertz CT molecular complexity index is 525. The number of hydrogen-bond donors (Lipinski definition) is 1. The van der Waals surface area contributed by atoms with E-state index >= 15 is 0 Å². The quantitative estimate of drug-likeness (QED) is 0.835. The number of rotatable bonds is 2. The first-order valence-electron chi connectivity index (χ1n) is 6.32. The smallest absolute Gasteiger partial charge is 0.311 e. The van der Waals surface area contributed by atoms with E-state index in [1.54, 1.807) is 12.1 Å². The molecular weight excluding hydrogens is 329 g/mol. The molecule has 2 N–H and O–H groups in total. The lowest BCUT2D eigenvalue weighted by Crippen LogP contribution is -2.56. The van der Waals surface area contributed by atoms with Gasteiger partial charge < -0.3 is 15.2 Å². The molecule has 1 aromatic rings. The van der Waals surface area contributed by atoms with Gasteiger partial charge in [0, 0.05) is 10.0 Å². The highest BCUT2D eigenvalue weighted by molar-refractivity contribution is 9.10. The van der Waals surface area contributed by atoms with Crippen molar-refractivity contribution in [3.63, 3.8) is 0 Å². The van der Waals surface area contributed by atoms with Crippen molar-refractivity contribution in [2.75, 3.05) is 13.7 Å². The Balaban J connectivity index is 2.48. The van der Waals surface area contributed by atoms with Gasteiger partial charge in [-0.15, -0.1) is 0 Å². The van der Waals surface area contributed by atoms with Crippen molar-refractivity contribution in [2.45, 2.75) is 25.0 Å². The lowest BCUT2D eigenvalue weighted by Gasteiger charge is -2.42. The second kappa shape index (κ2) is 5.79. The van der Waals surface area contributed by atoms with Gasteiger partial charge in [0.15, 0.2) is 0 Å². The monoisotopic (exact) mass is 345 g/mol. The maximum atomic E-state index is 14.1. The lowest BCUT2D eigenvalue weighted by molar-refractivity contribution is -0.157. The number of carbonyl (C=O) groups is 1. The van der Waals surface area contributed by atoms with E-state index in [1.165, 1.54) is 13.2 Å². The molecule has 6 heteroatoms. The lowest BCUT2D eigenvalue weighted by atomic mass is 9.74. The summed E-state index contributed by atoms with van der Waals surface area (Å²) in [4.78, 5) is 12.0. The van der Waals surface area contributed by atoms with Crippen LogP contribution >= 0.6 is 15.9 Å². The summed E-state index contributed by atoms with van der Waals surface area (Å²) in [6.07, 6.45) is 0.278. The first-order chi connectivity index (χ1) is 9.38. The summed E-state index contributed by atoms with van der Waals surface area (Å²) in [7, 11) is 1.31. The molecule has 0 bridgehead atoms. The second-order valence-electron chi connectivity index (χ2n) is 5.10. The molecule has 2 rings (SSSR count). The summed E-state index contributed by atoms with van der Waals surface area (Å²) < 4.78 is 25.2. The molecular formula is C14H17BrFNO3. The van der Waals surface area contributed by atoms with E-state index in [4.69, 9.17) is 15.2 Å². The molecule has 1 aliphatic heterocycles. The highest BCUT2D eigenvalue weighted by atomic mass is 79.9. The Hall–Kier alpha value is -0.980. The standard InChI is InChI=1S/C14H17BrFNO3/c1-8-5-11(13(18)19-2)14(17,7-20-8)10-6-9(15)3-4-12(10)16/h3-4,6,8,11H,5,7,17H2,1-2H3/t8-,11-,14+/m0/s1. The van der Waals surface area contributed by atoms with Gasteiger partial charge >= 0.3 is 5.97 Å². The molecule has 1 aliphatic rings. The normalized spacial score (nSPS) is 30.1. The minimum Gasteiger partial charge on any atom is -0.469 e. The predicted octanol–water partition coefficient (Wildman–Crippen LogP) is 2.34. The molecule has 1 fully saturated rings. The maximum Gasteiger partial charge on any atom is 0.311 e. The van der Waals surface area contributed by atoms with Crippen LogP contribution in [-0.4, -0.2) is 25.8 Å². The minimum absolute atomic E-state index is 0.0707. The van der Waals surface area contributed by atoms with Gasteiger partial charge in [-0.05, 0) is 31.5 Å². The van der Waals surface area contributed by atoms with Gasteiger partial charge in [0.1, 0.15) is 5.82 Å². The van der Waals surface area contributed by atoms with Crippen molar-refractivity contribution < 1.29 is 18.7 Å².